The molecule has 1 aliphatic heterocycles. The van der Waals surface area contributed by atoms with E-state index in [9.17, 15) is 57.9 Å². The van der Waals surface area contributed by atoms with Gasteiger partial charge in [0, 0.05) is 37.1 Å². The van der Waals surface area contributed by atoms with Gasteiger partial charge in [-0.25, -0.2) is 28.6 Å². The lowest BCUT2D eigenvalue weighted by Gasteiger charge is -2.30. The Bertz CT molecular complexity index is 2140. The first kappa shape index (κ1) is 65.8. The summed E-state index contributed by atoms with van der Waals surface area (Å²) >= 11 is 1.16. The van der Waals surface area contributed by atoms with E-state index in [0.717, 1.165) is 54.2 Å². The highest BCUT2D eigenvalue weighted by Gasteiger charge is 2.50. The Morgan fingerprint density at radius 2 is 1.36 bits per heavy atom. The Morgan fingerprint density at radius 1 is 0.811 bits per heavy atom. The maximum Gasteiger partial charge on any atom is 0.481 e. The molecule has 0 bridgehead atoms. The number of phosphoric ester groups is 3. The quantitative estimate of drug-likeness (QED) is 0.0230. The summed E-state index contributed by atoms with van der Waals surface area (Å²) in [5, 5.41) is 26.7. The summed E-state index contributed by atoms with van der Waals surface area (Å²) in [6.07, 6.45) is 19.4. The normalized spacial score (nSPS) is 19.8. The Labute approximate surface area is 439 Å². The largest absolute Gasteiger partial charge is 0.481 e. The zero-order chi connectivity index (χ0) is 54.8. The summed E-state index contributed by atoms with van der Waals surface area (Å²) in [5.74, 6) is -0.132. The maximum absolute atomic E-state index is 12.8. The van der Waals surface area contributed by atoms with E-state index in [1.165, 1.54) is 123 Å². The molecule has 2 aromatic heterocycles. The molecule has 0 spiro atoms. The molecular formula is C46H84N7O17P3S. The predicted octanol–water partition coefficient (Wildman–Crippen LogP) is 7.51. The smallest absolute Gasteiger partial charge is 0.386 e. The van der Waals surface area contributed by atoms with Crippen LogP contribution >= 0.6 is 35.2 Å². The fourth-order valence-corrected chi connectivity index (χ4v) is 11.7. The molecule has 3 rings (SSSR count). The summed E-state index contributed by atoms with van der Waals surface area (Å²) in [7, 11) is -16.4. The molecule has 8 unspecified atom stereocenters. The van der Waals surface area contributed by atoms with Crippen molar-refractivity contribution in [1.82, 2.24) is 30.2 Å². The molecule has 28 heteroatoms. The van der Waals surface area contributed by atoms with Crippen LogP contribution in [0.15, 0.2) is 12.7 Å². The molecule has 3 heterocycles. The number of hydrogen-bond acceptors (Lipinski definition) is 18. The third kappa shape index (κ3) is 25.8. The van der Waals surface area contributed by atoms with Gasteiger partial charge < -0.3 is 50.9 Å². The molecule has 1 fully saturated rings. The van der Waals surface area contributed by atoms with Crippen molar-refractivity contribution in [1.29, 1.82) is 0 Å². The van der Waals surface area contributed by atoms with Gasteiger partial charge in [0.25, 0.3) is 0 Å². The van der Waals surface area contributed by atoms with E-state index in [0.29, 0.717) is 12.2 Å². The fourth-order valence-electron chi connectivity index (χ4n) is 8.16. The minimum Gasteiger partial charge on any atom is -0.386 e. The summed E-state index contributed by atoms with van der Waals surface area (Å²) in [4.78, 5) is 88.6. The number of carbonyl (C=O) groups is 3. The van der Waals surface area contributed by atoms with Crippen LogP contribution in [0, 0.1) is 11.3 Å². The summed E-state index contributed by atoms with van der Waals surface area (Å²) in [6, 6.07) is 0. The molecule has 1 saturated heterocycles. The van der Waals surface area contributed by atoms with Gasteiger partial charge in [0.2, 0.25) is 11.8 Å². The van der Waals surface area contributed by atoms with E-state index in [1.54, 1.807) is 0 Å². The average molecular weight is 1130 g/mol. The maximum atomic E-state index is 12.8. The van der Waals surface area contributed by atoms with Gasteiger partial charge in [-0.05, 0) is 12.3 Å². The molecule has 0 saturated carbocycles. The number of phosphoric acid groups is 3. The molecule has 2 aromatic rings. The van der Waals surface area contributed by atoms with Crippen LogP contribution in [-0.4, -0.2) is 123 Å². The monoisotopic (exact) mass is 1130 g/mol. The van der Waals surface area contributed by atoms with Crippen LogP contribution in [0.2, 0.25) is 0 Å². The molecule has 2 amide bonds. The van der Waals surface area contributed by atoms with Crippen molar-refractivity contribution in [3.8, 4) is 0 Å². The Kier molecular flexibility index (Phi) is 30.0. The number of nitrogen functional groups attached to an aromatic ring is 1. The third-order valence-electron chi connectivity index (χ3n) is 12.8. The molecule has 24 nitrogen and oxygen atoms in total. The molecule has 0 radical (unpaired) electrons. The highest BCUT2D eigenvalue weighted by Crippen LogP contribution is 2.61. The first-order valence-corrected chi connectivity index (χ1v) is 31.5. The lowest BCUT2D eigenvalue weighted by molar-refractivity contribution is -0.137. The Hall–Kier alpha value is -2.44. The van der Waals surface area contributed by atoms with E-state index in [-0.39, 0.29) is 41.6 Å². The molecule has 74 heavy (non-hydrogen) atoms. The molecule has 426 valence electrons. The summed E-state index contributed by atoms with van der Waals surface area (Å²) in [6.45, 7) is 5.23. The van der Waals surface area contributed by atoms with Gasteiger partial charge in [0.1, 0.15) is 36.3 Å². The number of aliphatic hydroxyl groups is 2. The number of hydrogen-bond donors (Lipinski definition) is 9. The molecular weight excluding hydrogens is 1050 g/mol. The number of aliphatic hydroxyl groups excluding tert-OH is 2. The number of rotatable bonds is 41. The van der Waals surface area contributed by atoms with Crippen molar-refractivity contribution >= 4 is 69.1 Å². The number of carbonyl (C=O) groups excluding carboxylic acids is 3. The van der Waals surface area contributed by atoms with Crippen molar-refractivity contribution in [2.45, 2.75) is 200 Å². The molecule has 0 aliphatic carbocycles. The van der Waals surface area contributed by atoms with Gasteiger partial charge in [-0.15, -0.1) is 0 Å². The van der Waals surface area contributed by atoms with Crippen molar-refractivity contribution in [2.75, 3.05) is 37.8 Å². The number of unbranched alkanes of at least 4 members (excludes halogenated alkanes) is 17. The number of ether oxygens (including phenoxy) is 1. The lowest BCUT2D eigenvalue weighted by atomic mass is 9.87. The van der Waals surface area contributed by atoms with Gasteiger partial charge in [0.15, 0.2) is 22.8 Å². The number of anilines is 1. The zero-order valence-electron chi connectivity index (χ0n) is 43.5. The number of nitrogens with one attached hydrogen (secondary N) is 2. The number of aromatic nitrogens is 4. The first-order valence-electron chi connectivity index (χ1n) is 26.0. The fraction of sp³-hybridized carbons (Fsp3) is 0.826. The van der Waals surface area contributed by atoms with E-state index in [2.05, 4.69) is 48.3 Å². The molecule has 10 N–H and O–H groups in total. The molecule has 8 atom stereocenters. The van der Waals surface area contributed by atoms with Crippen LogP contribution < -0.4 is 16.4 Å². The second-order valence-electron chi connectivity index (χ2n) is 19.7. The van der Waals surface area contributed by atoms with Crippen molar-refractivity contribution < 1.29 is 80.5 Å². The topological polar surface area (TPSA) is 364 Å². The van der Waals surface area contributed by atoms with Crippen LogP contribution in [-0.2, 0) is 50.7 Å². The minimum atomic E-state index is -5.58. The molecule has 1 aliphatic rings. The van der Waals surface area contributed by atoms with E-state index < -0.39 is 84.6 Å². The van der Waals surface area contributed by atoms with Crippen LogP contribution in [0.1, 0.15) is 175 Å². The number of nitrogens with zero attached hydrogens (tertiary/aromatic N) is 4. The van der Waals surface area contributed by atoms with Crippen molar-refractivity contribution in [3.63, 3.8) is 0 Å². The van der Waals surface area contributed by atoms with Gasteiger partial charge in [-0.2, -0.15) is 4.31 Å². The minimum absolute atomic E-state index is 0.0345. The Morgan fingerprint density at radius 3 is 1.93 bits per heavy atom. The number of nitrogens with two attached hydrogens (primary N) is 1. The van der Waals surface area contributed by atoms with Gasteiger partial charge in [-0.1, -0.05) is 161 Å². The Balaban J connectivity index is 1.21. The second kappa shape index (κ2) is 33.8. The van der Waals surface area contributed by atoms with Crippen LogP contribution in [0.25, 0.3) is 11.2 Å². The second-order valence-corrected chi connectivity index (χ2v) is 25.1. The summed E-state index contributed by atoms with van der Waals surface area (Å²) < 4.78 is 62.6. The number of imidazole rings is 1. The number of amides is 2. The van der Waals surface area contributed by atoms with Gasteiger partial charge >= 0.3 is 23.5 Å². The predicted molar refractivity (Wildman–Crippen MR) is 279 cm³/mol. The van der Waals surface area contributed by atoms with Gasteiger partial charge in [0.05, 0.1) is 19.5 Å². The molecule has 0 aromatic carbocycles. The zero-order valence-corrected chi connectivity index (χ0v) is 47.0. The van der Waals surface area contributed by atoms with Crippen molar-refractivity contribution in [3.05, 3.63) is 12.7 Å². The first-order chi connectivity index (χ1) is 34.9. The standard InChI is InChI=1S/C46H84N7O17P3S/c1-5-34(2)24-22-20-18-16-14-12-10-8-6-7-9-11-13-15-17-19-21-23-25-37(55)74-29-28-48-36(54)26-27-49-44(58)41(57)46(3,4)31-67-73(64,65)70-72(62,63)66-30-35-40(69-71(59,60)61)39(56)45(68-35)53-33-52-38-42(47)50-32-51-43(38)53/h32-35,39-41,45,56-57H,5-31H2,1-4H3,(H,48,54)(H,49,58)(H,62,63)(H,64,65)(H2,47,50,51)(H2,59,60,61). The van der Waals surface area contributed by atoms with Crippen LogP contribution in [0.3, 0.4) is 0 Å². The lowest BCUT2D eigenvalue weighted by Crippen LogP contribution is -2.46. The van der Waals surface area contributed by atoms with Gasteiger partial charge in [-0.3, -0.25) is 32.5 Å². The van der Waals surface area contributed by atoms with Crippen molar-refractivity contribution in [2.24, 2.45) is 11.3 Å². The van der Waals surface area contributed by atoms with Crippen LogP contribution in [0.4, 0.5) is 5.82 Å². The number of thioether (sulfide) groups is 1. The third-order valence-corrected chi connectivity index (χ3v) is 16.8. The van der Waals surface area contributed by atoms with Crippen LogP contribution in [0.5, 0.6) is 0 Å². The number of fused-ring (bicyclic) bond motifs is 1. The average Bonchev–Trinajstić information content (AvgIpc) is 3.90. The van der Waals surface area contributed by atoms with E-state index >= 15 is 0 Å². The highest BCUT2D eigenvalue weighted by atomic mass is 32.2. The van der Waals surface area contributed by atoms with E-state index in [1.807, 2.05) is 0 Å². The summed E-state index contributed by atoms with van der Waals surface area (Å²) in [5.41, 5.74) is 4.30. The SMILES string of the molecule is CCC(C)CCCCCCCCCCCCCCCCCCCCC(=O)SCCNC(=O)CCNC(=O)C(O)C(C)(C)COP(=O)(O)OP(=O)(O)OCC1OC(n2cnc3c(N)ncnc32)C(O)C1OP(=O)(O)O. The highest BCUT2D eigenvalue weighted by molar-refractivity contribution is 8.13. The van der Waals surface area contributed by atoms with E-state index in [4.69, 9.17) is 19.5 Å².